The molecule has 4 aromatic heterocycles. The molecule has 12 heteroatoms. The van der Waals surface area contributed by atoms with Crippen LogP contribution >= 0.6 is 11.6 Å². The number of fused-ring (bicyclic) bond motifs is 1. The first kappa shape index (κ1) is 26.5. The Bertz CT molecular complexity index is 1600. The number of nitrogens with one attached hydrogen (secondary N) is 1. The summed E-state index contributed by atoms with van der Waals surface area (Å²) in [6, 6.07) is 3.75. The van der Waals surface area contributed by atoms with Crippen LogP contribution in [0.4, 0.5) is 5.95 Å². The molecule has 1 saturated heterocycles. The number of imidazole rings is 1. The predicted molar refractivity (Wildman–Crippen MR) is 152 cm³/mol. The maximum Gasteiger partial charge on any atom is 0.439 e. The number of nitrogens with zero attached hydrogens (tertiary/aromatic N) is 7. The fraction of sp³-hybridized carbons (Fsp3) is 0.500. The van der Waals surface area contributed by atoms with E-state index in [1.807, 2.05) is 17.0 Å². The molecule has 1 N–H and O–H groups in total. The molecule has 1 saturated carbocycles. The zero-order chi connectivity index (χ0) is 28.0. The van der Waals surface area contributed by atoms with Crippen LogP contribution in [0.1, 0.15) is 46.5 Å². The Morgan fingerprint density at radius 3 is 2.60 bits per heavy atom. The van der Waals surface area contributed by atoms with Crippen molar-refractivity contribution in [2.24, 2.45) is 11.8 Å². The zero-order valence-corrected chi connectivity index (χ0v) is 23.7. The van der Waals surface area contributed by atoms with E-state index in [9.17, 15) is 9.59 Å². The molecule has 40 heavy (non-hydrogen) atoms. The summed E-state index contributed by atoms with van der Waals surface area (Å²) >= 11 is 6.37. The molecule has 4 aromatic rings. The minimum absolute atomic E-state index is 0.0789. The number of aromatic amines is 1. The molecule has 210 valence electrons. The molecule has 1 atom stereocenters. The summed E-state index contributed by atoms with van der Waals surface area (Å²) < 4.78 is 7.07. The van der Waals surface area contributed by atoms with Gasteiger partial charge in [0, 0.05) is 57.1 Å². The van der Waals surface area contributed by atoms with Crippen LogP contribution in [0, 0.1) is 11.8 Å². The topological polar surface area (TPSA) is 126 Å². The fourth-order valence-corrected chi connectivity index (χ4v) is 6.23. The summed E-state index contributed by atoms with van der Waals surface area (Å²) in [5.74, 6) is 1.77. The van der Waals surface area contributed by atoms with Gasteiger partial charge in [-0.25, -0.2) is 14.8 Å². The number of hydrogen-bond donors (Lipinski definition) is 1. The van der Waals surface area contributed by atoms with E-state index in [0.717, 1.165) is 47.8 Å². The van der Waals surface area contributed by atoms with Crippen LogP contribution in [0.3, 0.4) is 0 Å². The van der Waals surface area contributed by atoms with Crippen molar-refractivity contribution >= 4 is 34.5 Å². The quantitative estimate of drug-likeness (QED) is 0.378. The number of piperazine rings is 1. The molecule has 1 amide bonds. The Kier molecular flexibility index (Phi) is 7.07. The van der Waals surface area contributed by atoms with Crippen molar-refractivity contribution in [2.75, 3.05) is 24.5 Å². The molecule has 11 nitrogen and oxygen atoms in total. The van der Waals surface area contributed by atoms with E-state index in [1.165, 1.54) is 12.8 Å². The van der Waals surface area contributed by atoms with Crippen molar-refractivity contribution in [3.05, 3.63) is 40.1 Å². The SMILES string of the molecule is CC(=O)N1CCN(c2nc3cc(-c4noc(=O)[nH]4)nc(-c4cncc(Cl)c4)c3n2C[C@H]2CC[C@H](C)CC2)[C@H](C)C1. The van der Waals surface area contributed by atoms with Gasteiger partial charge in [-0.15, -0.1) is 0 Å². The first-order valence-corrected chi connectivity index (χ1v) is 14.3. The van der Waals surface area contributed by atoms with Gasteiger partial charge in [0.05, 0.1) is 21.7 Å². The van der Waals surface area contributed by atoms with Crippen molar-refractivity contribution in [3.63, 3.8) is 0 Å². The van der Waals surface area contributed by atoms with E-state index in [4.69, 9.17) is 26.1 Å². The summed E-state index contributed by atoms with van der Waals surface area (Å²) in [4.78, 5) is 45.1. The predicted octanol–water partition coefficient (Wildman–Crippen LogP) is 4.37. The maximum absolute atomic E-state index is 12.1. The van der Waals surface area contributed by atoms with Gasteiger partial charge in [0.1, 0.15) is 5.69 Å². The summed E-state index contributed by atoms with van der Waals surface area (Å²) in [5.41, 5.74) is 3.44. The molecule has 2 aliphatic rings. The van der Waals surface area contributed by atoms with Gasteiger partial charge in [-0.05, 0) is 43.7 Å². The smallest absolute Gasteiger partial charge is 0.339 e. The van der Waals surface area contributed by atoms with Crippen LogP contribution in [0.25, 0.3) is 33.8 Å². The number of hydrogen-bond acceptors (Lipinski definition) is 8. The van der Waals surface area contributed by atoms with E-state index in [1.54, 1.807) is 19.3 Å². The third kappa shape index (κ3) is 5.10. The van der Waals surface area contributed by atoms with E-state index >= 15 is 0 Å². The van der Waals surface area contributed by atoms with Crippen LogP contribution < -0.4 is 10.7 Å². The van der Waals surface area contributed by atoms with Gasteiger partial charge in [-0.3, -0.25) is 19.3 Å². The van der Waals surface area contributed by atoms with Crippen LogP contribution in [0.5, 0.6) is 0 Å². The molecule has 5 heterocycles. The molecule has 0 bridgehead atoms. The lowest BCUT2D eigenvalue weighted by Gasteiger charge is -2.40. The number of carbonyl (C=O) groups is 1. The molecule has 0 unspecified atom stereocenters. The van der Waals surface area contributed by atoms with Gasteiger partial charge in [0.2, 0.25) is 17.7 Å². The van der Waals surface area contributed by atoms with Gasteiger partial charge >= 0.3 is 5.76 Å². The third-order valence-corrected chi connectivity index (χ3v) is 8.48. The maximum atomic E-state index is 12.1. The second-order valence-corrected chi connectivity index (χ2v) is 11.7. The second-order valence-electron chi connectivity index (χ2n) is 11.2. The molecule has 0 spiro atoms. The number of rotatable bonds is 5. The van der Waals surface area contributed by atoms with Crippen molar-refractivity contribution in [2.45, 2.75) is 59.0 Å². The summed E-state index contributed by atoms with van der Waals surface area (Å²) in [6.45, 7) is 8.83. The highest BCUT2D eigenvalue weighted by atomic mass is 35.5. The Hall–Kier alpha value is -3.73. The highest BCUT2D eigenvalue weighted by Crippen LogP contribution is 2.37. The van der Waals surface area contributed by atoms with Crippen LogP contribution in [0.15, 0.2) is 33.8 Å². The Balaban J connectivity index is 1.54. The van der Waals surface area contributed by atoms with Gasteiger partial charge in [0.25, 0.3) is 0 Å². The van der Waals surface area contributed by atoms with Crippen LogP contribution in [-0.4, -0.2) is 66.1 Å². The summed E-state index contributed by atoms with van der Waals surface area (Å²) in [6.07, 6.45) is 8.07. The van der Waals surface area contributed by atoms with Crippen LogP contribution in [0.2, 0.25) is 5.02 Å². The number of aromatic nitrogens is 6. The lowest BCUT2D eigenvalue weighted by molar-refractivity contribution is -0.129. The standard InChI is InChI=1S/C28H33ClN8O3/c1-16-4-6-19(7-5-16)15-37-25-22(32-27(37)36-9-8-35(18(3)38)14-17(36)2)11-23(26-33-28(39)40-34-26)31-24(25)20-10-21(29)13-30-12-20/h10-13,16-17,19H,4-9,14-15H2,1-3H3,(H,33,34,39)/t16-,17-,19-/m1/s1. The number of pyridine rings is 2. The summed E-state index contributed by atoms with van der Waals surface area (Å²) in [5, 5.41) is 4.37. The van der Waals surface area contributed by atoms with E-state index < -0.39 is 5.76 Å². The van der Waals surface area contributed by atoms with Crippen molar-refractivity contribution < 1.29 is 9.32 Å². The van der Waals surface area contributed by atoms with Crippen LogP contribution in [-0.2, 0) is 11.3 Å². The first-order chi connectivity index (χ1) is 19.3. The molecule has 6 rings (SSSR count). The number of halogens is 1. The molecule has 1 aliphatic carbocycles. The Morgan fingerprint density at radius 1 is 1.12 bits per heavy atom. The number of amides is 1. The molecule has 0 radical (unpaired) electrons. The molecular formula is C28H33ClN8O3. The molecule has 2 fully saturated rings. The average Bonchev–Trinajstić information content (AvgIpc) is 3.53. The second kappa shape index (κ2) is 10.7. The lowest BCUT2D eigenvalue weighted by Crippen LogP contribution is -2.54. The minimum Gasteiger partial charge on any atom is -0.339 e. The normalized spacial score (nSPS) is 21.8. The van der Waals surface area contributed by atoms with E-state index in [0.29, 0.717) is 42.0 Å². The molecular weight excluding hydrogens is 532 g/mol. The molecule has 1 aliphatic heterocycles. The highest BCUT2D eigenvalue weighted by molar-refractivity contribution is 6.30. The minimum atomic E-state index is -0.655. The Labute approximate surface area is 236 Å². The van der Waals surface area contributed by atoms with Gasteiger partial charge < -0.3 is 14.4 Å². The van der Waals surface area contributed by atoms with E-state index in [-0.39, 0.29) is 17.8 Å². The van der Waals surface area contributed by atoms with Gasteiger partial charge in [-0.2, -0.15) is 0 Å². The number of H-pyrrole nitrogens is 1. The molecule has 0 aromatic carbocycles. The van der Waals surface area contributed by atoms with E-state index in [2.05, 4.69) is 38.4 Å². The highest BCUT2D eigenvalue weighted by Gasteiger charge is 2.31. The van der Waals surface area contributed by atoms with Gasteiger partial charge in [0.15, 0.2) is 0 Å². The fourth-order valence-electron chi connectivity index (χ4n) is 6.05. The lowest BCUT2D eigenvalue weighted by atomic mass is 9.83. The number of carbonyl (C=O) groups excluding carboxylic acids is 1. The zero-order valence-electron chi connectivity index (χ0n) is 22.9. The van der Waals surface area contributed by atoms with Crippen molar-refractivity contribution in [3.8, 4) is 22.8 Å². The van der Waals surface area contributed by atoms with Gasteiger partial charge in [-0.1, -0.05) is 36.5 Å². The monoisotopic (exact) mass is 564 g/mol. The summed E-state index contributed by atoms with van der Waals surface area (Å²) in [7, 11) is 0. The largest absolute Gasteiger partial charge is 0.439 e. The average molecular weight is 565 g/mol. The first-order valence-electron chi connectivity index (χ1n) is 13.9. The van der Waals surface area contributed by atoms with Crippen molar-refractivity contribution in [1.82, 2.24) is 34.6 Å². The number of anilines is 1. The Morgan fingerprint density at radius 2 is 1.93 bits per heavy atom. The van der Waals surface area contributed by atoms with Crippen molar-refractivity contribution in [1.29, 1.82) is 0 Å². The third-order valence-electron chi connectivity index (χ3n) is 8.27.